The summed E-state index contributed by atoms with van der Waals surface area (Å²) < 4.78 is 16.7. The number of aryl methyl sites for hydroxylation is 1. The summed E-state index contributed by atoms with van der Waals surface area (Å²) in [6.07, 6.45) is 3.43. The number of rotatable bonds is 4. The van der Waals surface area contributed by atoms with Crippen LogP contribution in [0.1, 0.15) is 40.4 Å². The van der Waals surface area contributed by atoms with Crippen molar-refractivity contribution in [3.8, 4) is 5.69 Å². The van der Waals surface area contributed by atoms with E-state index >= 15 is 0 Å². The van der Waals surface area contributed by atoms with Gasteiger partial charge in [0.05, 0.1) is 28.8 Å². The van der Waals surface area contributed by atoms with Crippen LogP contribution in [0.15, 0.2) is 53.1 Å². The second kappa shape index (κ2) is 9.73. The predicted molar refractivity (Wildman–Crippen MR) is 122 cm³/mol. The third-order valence-electron chi connectivity index (χ3n) is 5.20. The van der Waals surface area contributed by atoms with E-state index in [1.165, 1.54) is 6.07 Å². The van der Waals surface area contributed by atoms with Crippen LogP contribution in [0.4, 0.5) is 10.1 Å². The third kappa shape index (κ3) is 4.74. The molecule has 1 fully saturated rings. The molecule has 1 saturated heterocycles. The molecule has 5 nitrogen and oxygen atoms in total. The van der Waals surface area contributed by atoms with Crippen LogP contribution >= 0.6 is 28.3 Å². The average Bonchev–Trinajstić information content (AvgIpc) is 3.16. The van der Waals surface area contributed by atoms with Crippen LogP contribution < -0.4 is 10.6 Å². The highest BCUT2D eigenvalue weighted by Gasteiger charge is 2.27. The van der Waals surface area contributed by atoms with E-state index in [4.69, 9.17) is 0 Å². The first-order valence-corrected chi connectivity index (χ1v) is 10.4. The molecule has 1 amide bonds. The fraction of sp³-hybridized carbons (Fsp3) is 0.273. The first-order valence-electron chi connectivity index (χ1n) is 9.65. The van der Waals surface area contributed by atoms with Gasteiger partial charge in [-0.2, -0.15) is 5.10 Å². The lowest BCUT2D eigenvalue weighted by molar-refractivity contribution is 0.102. The molecule has 2 heterocycles. The standard InChI is InChI=1S/C22H22BrFN4O.ClH/c1-14-3-2-4-17(11-14)28-21(15-7-9-25-10-8-15)18(13-26-28)22(29)27-20-6-5-16(23)12-19(20)24;/h2-6,11-13,15,25H,7-10H2,1H3,(H,27,29);1H. The van der Waals surface area contributed by atoms with Gasteiger partial charge in [0.2, 0.25) is 0 Å². The summed E-state index contributed by atoms with van der Waals surface area (Å²) in [7, 11) is 0. The smallest absolute Gasteiger partial charge is 0.259 e. The zero-order valence-corrected chi connectivity index (χ0v) is 18.9. The quantitative estimate of drug-likeness (QED) is 0.524. The van der Waals surface area contributed by atoms with E-state index in [-0.39, 0.29) is 29.9 Å². The van der Waals surface area contributed by atoms with Crippen molar-refractivity contribution in [2.75, 3.05) is 18.4 Å². The number of amides is 1. The van der Waals surface area contributed by atoms with Crippen molar-refractivity contribution in [1.82, 2.24) is 15.1 Å². The topological polar surface area (TPSA) is 59.0 Å². The molecule has 0 atom stereocenters. The number of nitrogens with one attached hydrogen (secondary N) is 2. The highest BCUT2D eigenvalue weighted by Crippen LogP contribution is 2.31. The third-order valence-corrected chi connectivity index (χ3v) is 5.70. The molecule has 0 bridgehead atoms. The minimum Gasteiger partial charge on any atom is -0.319 e. The molecule has 0 aliphatic carbocycles. The van der Waals surface area contributed by atoms with Crippen LogP contribution in [-0.2, 0) is 0 Å². The van der Waals surface area contributed by atoms with Crippen molar-refractivity contribution in [1.29, 1.82) is 0 Å². The summed E-state index contributed by atoms with van der Waals surface area (Å²) >= 11 is 3.23. The zero-order valence-electron chi connectivity index (χ0n) is 16.5. The zero-order chi connectivity index (χ0) is 20.4. The van der Waals surface area contributed by atoms with Gasteiger partial charge >= 0.3 is 0 Å². The number of hydrogen-bond acceptors (Lipinski definition) is 3. The molecular formula is C22H23BrClFN4O. The molecule has 0 saturated carbocycles. The Morgan fingerprint density at radius 3 is 2.70 bits per heavy atom. The molecule has 3 aromatic rings. The maximum absolute atomic E-state index is 14.2. The van der Waals surface area contributed by atoms with E-state index in [1.54, 1.807) is 18.3 Å². The van der Waals surface area contributed by atoms with Gasteiger partial charge in [0.15, 0.2) is 0 Å². The molecule has 0 radical (unpaired) electrons. The van der Waals surface area contributed by atoms with Gasteiger partial charge in [-0.1, -0.05) is 28.1 Å². The Balaban J connectivity index is 0.00000256. The van der Waals surface area contributed by atoms with E-state index in [0.29, 0.717) is 10.0 Å². The fourth-order valence-corrected chi connectivity index (χ4v) is 4.10. The Bertz CT molecular complexity index is 1050. The summed E-state index contributed by atoms with van der Waals surface area (Å²) in [5.74, 6) is -0.629. The van der Waals surface area contributed by atoms with E-state index in [0.717, 1.165) is 42.9 Å². The SMILES string of the molecule is Cc1cccc(-n2ncc(C(=O)Nc3ccc(Br)cc3F)c2C2CCNCC2)c1.Cl. The van der Waals surface area contributed by atoms with E-state index < -0.39 is 5.82 Å². The number of hydrogen-bond donors (Lipinski definition) is 2. The van der Waals surface area contributed by atoms with Crippen LogP contribution in [0.2, 0.25) is 0 Å². The Hall–Kier alpha value is -2.22. The molecule has 1 aliphatic rings. The lowest BCUT2D eigenvalue weighted by atomic mass is 9.91. The Labute approximate surface area is 189 Å². The van der Waals surface area contributed by atoms with Crippen LogP contribution in [0.5, 0.6) is 0 Å². The van der Waals surface area contributed by atoms with Crippen LogP contribution in [0, 0.1) is 12.7 Å². The van der Waals surface area contributed by atoms with Gasteiger partial charge in [-0.3, -0.25) is 4.79 Å². The number of halogens is 3. The summed E-state index contributed by atoms with van der Waals surface area (Å²) in [5.41, 5.74) is 3.57. The number of carbonyl (C=O) groups is 1. The molecule has 8 heteroatoms. The average molecular weight is 494 g/mol. The van der Waals surface area contributed by atoms with Gasteiger partial charge in [-0.15, -0.1) is 12.4 Å². The summed E-state index contributed by atoms with van der Waals surface area (Å²) in [6.45, 7) is 3.82. The van der Waals surface area contributed by atoms with E-state index in [9.17, 15) is 9.18 Å². The highest BCUT2D eigenvalue weighted by atomic mass is 79.9. The Morgan fingerprint density at radius 2 is 2.00 bits per heavy atom. The van der Waals surface area contributed by atoms with Gasteiger partial charge in [0.1, 0.15) is 5.82 Å². The van der Waals surface area contributed by atoms with Crippen molar-refractivity contribution < 1.29 is 9.18 Å². The first kappa shape index (κ1) is 22.5. The van der Waals surface area contributed by atoms with Crippen LogP contribution in [0.25, 0.3) is 5.69 Å². The van der Waals surface area contributed by atoms with Gasteiger partial charge in [-0.05, 0) is 68.8 Å². The van der Waals surface area contributed by atoms with Crippen molar-refractivity contribution in [3.63, 3.8) is 0 Å². The highest BCUT2D eigenvalue weighted by molar-refractivity contribution is 9.10. The van der Waals surface area contributed by atoms with Gasteiger partial charge in [0.25, 0.3) is 5.91 Å². The number of piperidine rings is 1. The number of aromatic nitrogens is 2. The molecule has 30 heavy (non-hydrogen) atoms. The number of anilines is 1. The predicted octanol–water partition coefficient (Wildman–Crippen LogP) is 5.22. The molecule has 0 spiro atoms. The monoisotopic (exact) mass is 492 g/mol. The van der Waals surface area contributed by atoms with Gasteiger partial charge in [0, 0.05) is 10.4 Å². The maximum atomic E-state index is 14.2. The lowest BCUT2D eigenvalue weighted by Crippen LogP contribution is -2.29. The molecule has 4 rings (SSSR count). The van der Waals surface area contributed by atoms with Crippen molar-refractivity contribution >= 4 is 39.9 Å². The second-order valence-electron chi connectivity index (χ2n) is 7.30. The number of carbonyl (C=O) groups excluding carboxylic acids is 1. The summed E-state index contributed by atoms with van der Waals surface area (Å²) in [5, 5.41) is 10.6. The maximum Gasteiger partial charge on any atom is 0.259 e. The van der Waals surface area contributed by atoms with Crippen LogP contribution in [0.3, 0.4) is 0 Å². The van der Waals surface area contributed by atoms with E-state index in [1.807, 2.05) is 35.9 Å². The molecule has 0 unspecified atom stereocenters. The molecule has 1 aliphatic heterocycles. The van der Waals surface area contributed by atoms with Gasteiger partial charge < -0.3 is 10.6 Å². The number of nitrogens with zero attached hydrogens (tertiary/aromatic N) is 2. The summed E-state index contributed by atoms with van der Waals surface area (Å²) in [4.78, 5) is 13.1. The lowest BCUT2D eigenvalue weighted by Gasteiger charge is -2.24. The van der Waals surface area contributed by atoms with Gasteiger partial charge in [-0.25, -0.2) is 9.07 Å². The fourth-order valence-electron chi connectivity index (χ4n) is 3.77. The first-order chi connectivity index (χ1) is 14.0. The Morgan fingerprint density at radius 1 is 1.23 bits per heavy atom. The molecule has 158 valence electrons. The Kier molecular flexibility index (Phi) is 7.28. The molecule has 2 N–H and O–H groups in total. The van der Waals surface area contributed by atoms with Crippen LogP contribution in [-0.4, -0.2) is 28.8 Å². The second-order valence-corrected chi connectivity index (χ2v) is 8.21. The minimum atomic E-state index is -0.484. The van der Waals surface area contributed by atoms with Crippen molar-refractivity contribution in [2.45, 2.75) is 25.7 Å². The molecular weight excluding hydrogens is 471 g/mol. The van der Waals surface area contributed by atoms with Crippen molar-refractivity contribution in [2.24, 2.45) is 0 Å². The summed E-state index contributed by atoms with van der Waals surface area (Å²) in [6, 6.07) is 12.6. The minimum absolute atomic E-state index is 0. The largest absolute Gasteiger partial charge is 0.319 e. The number of benzene rings is 2. The van der Waals surface area contributed by atoms with E-state index in [2.05, 4.69) is 31.7 Å². The normalized spacial score (nSPS) is 14.2. The van der Waals surface area contributed by atoms with Crippen molar-refractivity contribution in [3.05, 3.63) is 75.8 Å². The molecule has 2 aromatic carbocycles. The molecule has 1 aromatic heterocycles.